The summed E-state index contributed by atoms with van der Waals surface area (Å²) < 4.78 is 26.5. The van der Waals surface area contributed by atoms with Gasteiger partial charge in [0, 0.05) is 42.5 Å². The van der Waals surface area contributed by atoms with Crippen molar-refractivity contribution in [2.24, 2.45) is 0 Å². The van der Waals surface area contributed by atoms with E-state index in [2.05, 4.69) is 9.97 Å². The summed E-state index contributed by atoms with van der Waals surface area (Å²) in [7, 11) is 1.41. The predicted molar refractivity (Wildman–Crippen MR) is 201 cm³/mol. The Kier molecular flexibility index (Phi) is 14.2. The molecule has 18 heteroatoms. The van der Waals surface area contributed by atoms with Crippen LogP contribution in [0.5, 0.6) is 0 Å². The van der Waals surface area contributed by atoms with Crippen LogP contribution in [0.3, 0.4) is 0 Å². The first-order valence-electron chi connectivity index (χ1n) is 17.4. The smallest absolute Gasteiger partial charge is 0.340 e. The van der Waals surface area contributed by atoms with Gasteiger partial charge < -0.3 is 28.8 Å². The fraction of sp³-hybridized carbons (Fsp3) is 0.333. The van der Waals surface area contributed by atoms with E-state index >= 15 is 0 Å². The Morgan fingerprint density at radius 1 is 0.649 bits per heavy atom. The second-order valence-corrected chi connectivity index (χ2v) is 12.9. The van der Waals surface area contributed by atoms with Gasteiger partial charge in [0.15, 0.2) is 0 Å². The van der Waals surface area contributed by atoms with E-state index in [4.69, 9.17) is 23.7 Å². The van der Waals surface area contributed by atoms with Crippen LogP contribution in [0.4, 0.5) is 11.4 Å². The molecule has 300 valence electrons. The van der Waals surface area contributed by atoms with Crippen molar-refractivity contribution in [1.29, 1.82) is 0 Å². The number of aromatic nitrogens is 2. The SMILES string of the molecule is COCCOC(=O)c1c(C)nc(C)c(C(=O)OCC(O)COC(=O)c2c(C)nc(C)c(C(=O)OC(C)C)c2-c2cccc([N+](=O)[O-])c2)c1-c1cccc([N+](=O)[O-])c1. The summed E-state index contributed by atoms with van der Waals surface area (Å²) >= 11 is 0. The number of hydrogen-bond acceptors (Lipinski definition) is 16. The van der Waals surface area contributed by atoms with Gasteiger partial charge in [0.25, 0.3) is 11.4 Å². The first kappa shape index (κ1) is 43.1. The van der Waals surface area contributed by atoms with Gasteiger partial charge in [0.2, 0.25) is 0 Å². The van der Waals surface area contributed by atoms with E-state index in [1.54, 1.807) is 13.8 Å². The Balaban J connectivity index is 1.66. The molecule has 0 bridgehead atoms. The summed E-state index contributed by atoms with van der Waals surface area (Å²) in [5.41, 5.74) is -0.718. The number of hydrogen-bond donors (Lipinski definition) is 1. The van der Waals surface area contributed by atoms with Crippen LogP contribution in [0, 0.1) is 47.9 Å². The number of non-ortho nitro benzene ring substituents is 2. The molecule has 1 N–H and O–H groups in total. The highest BCUT2D eigenvalue weighted by atomic mass is 16.6. The molecule has 4 aromatic rings. The Labute approximate surface area is 326 Å². The number of aliphatic hydroxyl groups excluding tert-OH is 1. The number of nitrogens with zero attached hydrogens (tertiary/aromatic N) is 4. The normalized spacial score (nSPS) is 11.5. The highest BCUT2D eigenvalue weighted by Gasteiger charge is 2.31. The minimum atomic E-state index is -1.62. The van der Waals surface area contributed by atoms with E-state index in [0.29, 0.717) is 0 Å². The Morgan fingerprint density at radius 2 is 1.04 bits per heavy atom. The van der Waals surface area contributed by atoms with Crippen molar-refractivity contribution in [3.8, 4) is 22.3 Å². The molecule has 0 aliphatic rings. The zero-order valence-corrected chi connectivity index (χ0v) is 32.1. The van der Waals surface area contributed by atoms with Crippen molar-refractivity contribution in [2.75, 3.05) is 33.5 Å². The van der Waals surface area contributed by atoms with Crippen LogP contribution in [0.2, 0.25) is 0 Å². The number of carbonyl (C=O) groups excluding carboxylic acids is 4. The molecule has 0 amide bonds. The van der Waals surface area contributed by atoms with Gasteiger partial charge in [-0.2, -0.15) is 0 Å². The van der Waals surface area contributed by atoms with Gasteiger partial charge in [-0.15, -0.1) is 0 Å². The standard InChI is InChI=1S/C39H40N4O14/c1-20(2)57-39(48)33-24(6)41-23(5)32(35(33)26-11-9-13-28(17-26)43(51)52)38(47)56-19-29(44)18-55-37(46)31-22(4)40-21(3)30(36(45)54-15-14-53-7)34(31)25-10-8-12-27(16-25)42(49)50/h8-13,16-17,20,29,44H,14-15,18-19H2,1-7H3. The lowest BCUT2D eigenvalue weighted by Gasteiger charge is -2.20. The van der Waals surface area contributed by atoms with E-state index in [1.807, 2.05) is 0 Å². The molecule has 57 heavy (non-hydrogen) atoms. The van der Waals surface area contributed by atoms with Crippen LogP contribution in [0.1, 0.15) is 78.1 Å². The zero-order chi connectivity index (χ0) is 42.1. The molecule has 0 spiro atoms. The molecular formula is C39H40N4O14. The summed E-state index contributed by atoms with van der Waals surface area (Å²) in [4.78, 5) is 84.8. The molecule has 1 atom stereocenters. The lowest BCUT2D eigenvalue weighted by molar-refractivity contribution is -0.385. The summed E-state index contributed by atoms with van der Waals surface area (Å²) in [6, 6.07) is 10.5. The Bertz CT molecular complexity index is 2240. The zero-order valence-electron chi connectivity index (χ0n) is 32.1. The minimum Gasteiger partial charge on any atom is -0.460 e. The number of methoxy groups -OCH3 is 1. The topological polar surface area (TPSA) is 247 Å². The average Bonchev–Trinajstić information content (AvgIpc) is 3.15. The predicted octanol–water partition coefficient (Wildman–Crippen LogP) is 5.60. The fourth-order valence-electron chi connectivity index (χ4n) is 5.93. The van der Waals surface area contributed by atoms with Gasteiger partial charge in [-0.05, 0) is 52.7 Å². The van der Waals surface area contributed by atoms with Crippen LogP contribution in [0.25, 0.3) is 22.3 Å². The number of nitro benzene ring substituents is 2. The molecule has 2 heterocycles. The molecule has 0 aliphatic heterocycles. The summed E-state index contributed by atoms with van der Waals surface area (Å²) in [6.45, 7) is 7.63. The van der Waals surface area contributed by atoms with E-state index in [-0.39, 0.29) is 91.9 Å². The van der Waals surface area contributed by atoms with Crippen molar-refractivity contribution in [3.05, 3.63) is 114 Å². The molecule has 2 aromatic heterocycles. The third kappa shape index (κ3) is 10.2. The van der Waals surface area contributed by atoms with Gasteiger partial charge in [-0.3, -0.25) is 30.2 Å². The highest BCUT2D eigenvalue weighted by Crippen LogP contribution is 2.36. The van der Waals surface area contributed by atoms with Crippen molar-refractivity contribution in [2.45, 2.75) is 53.8 Å². The molecule has 0 fully saturated rings. The van der Waals surface area contributed by atoms with Gasteiger partial charge in [0.1, 0.15) is 25.9 Å². The maximum Gasteiger partial charge on any atom is 0.340 e. The fourth-order valence-corrected chi connectivity index (χ4v) is 5.93. The van der Waals surface area contributed by atoms with E-state index in [9.17, 15) is 44.5 Å². The van der Waals surface area contributed by atoms with Crippen molar-refractivity contribution >= 4 is 35.3 Å². The second kappa shape index (κ2) is 18.8. The molecule has 1 unspecified atom stereocenters. The number of esters is 4. The average molecular weight is 789 g/mol. The number of ether oxygens (including phenoxy) is 5. The Hall–Kier alpha value is -6.66. The molecule has 0 aliphatic carbocycles. The quantitative estimate of drug-likeness (QED) is 0.0477. The molecular weight excluding hydrogens is 748 g/mol. The first-order valence-corrected chi connectivity index (χ1v) is 17.4. The number of nitro groups is 2. The number of aryl methyl sites for hydroxylation is 4. The molecule has 0 saturated carbocycles. The van der Waals surface area contributed by atoms with Crippen LogP contribution >= 0.6 is 0 Å². The van der Waals surface area contributed by atoms with Gasteiger partial charge >= 0.3 is 23.9 Å². The van der Waals surface area contributed by atoms with E-state index in [0.717, 1.165) is 0 Å². The third-order valence-electron chi connectivity index (χ3n) is 8.30. The second-order valence-electron chi connectivity index (χ2n) is 12.9. The lowest BCUT2D eigenvalue weighted by Crippen LogP contribution is -2.27. The van der Waals surface area contributed by atoms with Crippen molar-refractivity contribution < 1.29 is 57.8 Å². The number of benzene rings is 2. The van der Waals surface area contributed by atoms with Gasteiger partial charge in [0.05, 0.1) is 67.6 Å². The van der Waals surface area contributed by atoms with Crippen LogP contribution in [0.15, 0.2) is 48.5 Å². The lowest BCUT2D eigenvalue weighted by atomic mass is 9.92. The molecule has 2 aromatic carbocycles. The largest absolute Gasteiger partial charge is 0.460 e. The van der Waals surface area contributed by atoms with E-state index < -0.39 is 59.1 Å². The van der Waals surface area contributed by atoms with Crippen LogP contribution in [-0.4, -0.2) is 94.5 Å². The molecule has 18 nitrogen and oxygen atoms in total. The van der Waals surface area contributed by atoms with Crippen LogP contribution in [-0.2, 0) is 23.7 Å². The minimum absolute atomic E-state index is 0.0344. The van der Waals surface area contributed by atoms with E-state index in [1.165, 1.54) is 83.3 Å². The number of pyridine rings is 2. The van der Waals surface area contributed by atoms with Gasteiger partial charge in [-0.1, -0.05) is 24.3 Å². The summed E-state index contributed by atoms with van der Waals surface area (Å²) in [6.07, 6.45) is -2.19. The summed E-state index contributed by atoms with van der Waals surface area (Å²) in [5.74, 6) is -3.86. The number of aliphatic hydroxyl groups is 1. The number of rotatable bonds is 16. The van der Waals surface area contributed by atoms with Crippen molar-refractivity contribution in [1.82, 2.24) is 9.97 Å². The Morgan fingerprint density at radius 3 is 1.40 bits per heavy atom. The van der Waals surface area contributed by atoms with Crippen LogP contribution < -0.4 is 0 Å². The monoisotopic (exact) mass is 788 g/mol. The molecule has 4 rings (SSSR count). The summed E-state index contributed by atoms with van der Waals surface area (Å²) in [5, 5.41) is 34.1. The maximum absolute atomic E-state index is 13.7. The highest BCUT2D eigenvalue weighted by molar-refractivity contribution is 6.08. The third-order valence-corrected chi connectivity index (χ3v) is 8.30. The molecule has 0 saturated heterocycles. The number of carbonyl (C=O) groups is 4. The van der Waals surface area contributed by atoms with Gasteiger partial charge in [-0.25, -0.2) is 19.2 Å². The first-order chi connectivity index (χ1) is 27.0. The maximum atomic E-state index is 13.7. The molecule has 0 radical (unpaired) electrons. The van der Waals surface area contributed by atoms with Crippen molar-refractivity contribution in [3.63, 3.8) is 0 Å².